The Morgan fingerprint density at radius 1 is 1.31 bits per heavy atom. The molecule has 2 N–H and O–H groups in total. The topological polar surface area (TPSA) is 38.5 Å². The average molecular weight is 226 g/mol. The lowest BCUT2D eigenvalue weighted by Gasteiger charge is -2.37. The zero-order chi connectivity index (χ0) is 11.4. The number of rotatable bonds is 3. The molecule has 0 radical (unpaired) electrons. The van der Waals surface area contributed by atoms with Crippen molar-refractivity contribution in [1.29, 1.82) is 0 Å². The number of hydrogen-bond acceptors (Lipinski definition) is 3. The summed E-state index contributed by atoms with van der Waals surface area (Å²) >= 11 is 0. The molecule has 1 saturated carbocycles. The van der Waals surface area contributed by atoms with Gasteiger partial charge in [0.1, 0.15) is 0 Å². The van der Waals surface area contributed by atoms with Crippen molar-refractivity contribution in [3.63, 3.8) is 0 Å². The Kier molecular flexibility index (Phi) is 4.22. The van der Waals surface area contributed by atoms with Gasteiger partial charge in [0.15, 0.2) is 0 Å². The van der Waals surface area contributed by atoms with Crippen molar-refractivity contribution in [3.8, 4) is 0 Å². The summed E-state index contributed by atoms with van der Waals surface area (Å²) in [4.78, 5) is 2.51. The zero-order valence-corrected chi connectivity index (χ0v) is 10.6. The number of nitrogens with zero attached hydrogens (tertiary/aromatic N) is 1. The number of nitrogens with two attached hydrogens (primary N) is 1. The molecule has 0 aromatic rings. The third-order valence-electron chi connectivity index (χ3n) is 4.10. The van der Waals surface area contributed by atoms with Crippen LogP contribution < -0.4 is 5.73 Å². The van der Waals surface area contributed by atoms with Crippen LogP contribution in [-0.4, -0.2) is 42.8 Å². The minimum atomic E-state index is 0.139. The lowest BCUT2D eigenvalue weighted by molar-refractivity contribution is -0.0208. The Hall–Kier alpha value is -0.120. The monoisotopic (exact) mass is 226 g/mol. The molecule has 94 valence electrons. The molecule has 1 aliphatic carbocycles. The van der Waals surface area contributed by atoms with E-state index in [4.69, 9.17) is 10.5 Å². The van der Waals surface area contributed by atoms with E-state index in [1.54, 1.807) is 0 Å². The van der Waals surface area contributed by atoms with Crippen LogP contribution in [0.25, 0.3) is 0 Å². The molecule has 2 fully saturated rings. The third kappa shape index (κ3) is 3.44. The highest BCUT2D eigenvalue weighted by Gasteiger charge is 2.28. The normalized spacial score (nSPS) is 31.5. The molecule has 0 aromatic carbocycles. The molecule has 1 unspecified atom stereocenters. The summed E-state index contributed by atoms with van der Waals surface area (Å²) in [6.45, 7) is 6.37. The van der Waals surface area contributed by atoms with Crippen LogP contribution in [-0.2, 0) is 4.74 Å². The smallest absolute Gasteiger partial charge is 0.0674 e. The van der Waals surface area contributed by atoms with Crippen LogP contribution in [0, 0.1) is 0 Å². The van der Waals surface area contributed by atoms with Crippen molar-refractivity contribution in [2.24, 2.45) is 5.73 Å². The van der Waals surface area contributed by atoms with Crippen molar-refractivity contribution < 1.29 is 4.74 Å². The Morgan fingerprint density at radius 3 is 2.75 bits per heavy atom. The molecular weight excluding hydrogens is 200 g/mol. The molecule has 3 heteroatoms. The summed E-state index contributed by atoms with van der Waals surface area (Å²) in [6.07, 6.45) is 8.06. The molecule has 1 atom stereocenters. The first kappa shape index (κ1) is 12.3. The van der Waals surface area contributed by atoms with E-state index in [0.717, 1.165) is 26.2 Å². The fourth-order valence-electron chi connectivity index (χ4n) is 2.98. The average Bonchev–Trinajstić information content (AvgIpc) is 2.28. The van der Waals surface area contributed by atoms with Crippen molar-refractivity contribution in [1.82, 2.24) is 4.90 Å². The van der Waals surface area contributed by atoms with Gasteiger partial charge in [-0.2, -0.15) is 0 Å². The largest absolute Gasteiger partial charge is 0.376 e. The van der Waals surface area contributed by atoms with Gasteiger partial charge in [-0.3, -0.25) is 4.90 Å². The van der Waals surface area contributed by atoms with Crippen molar-refractivity contribution in [2.45, 2.75) is 57.1 Å². The molecule has 0 aromatic heterocycles. The van der Waals surface area contributed by atoms with Crippen LogP contribution in [0.4, 0.5) is 0 Å². The van der Waals surface area contributed by atoms with Crippen LogP contribution in [0.15, 0.2) is 0 Å². The second-order valence-electron chi connectivity index (χ2n) is 5.66. The van der Waals surface area contributed by atoms with Gasteiger partial charge in [-0.05, 0) is 26.2 Å². The molecule has 1 aliphatic heterocycles. The van der Waals surface area contributed by atoms with E-state index in [-0.39, 0.29) is 5.54 Å². The summed E-state index contributed by atoms with van der Waals surface area (Å²) in [6, 6.07) is 0. The lowest BCUT2D eigenvalue weighted by atomic mass is 9.80. The molecule has 0 amide bonds. The first-order valence-corrected chi connectivity index (χ1v) is 6.81. The molecular formula is C13H26N2O. The highest BCUT2D eigenvalue weighted by molar-refractivity contribution is 4.88. The van der Waals surface area contributed by atoms with E-state index in [0.29, 0.717) is 6.10 Å². The van der Waals surface area contributed by atoms with Gasteiger partial charge in [0.25, 0.3) is 0 Å². The highest BCUT2D eigenvalue weighted by atomic mass is 16.5. The zero-order valence-electron chi connectivity index (χ0n) is 10.6. The fourth-order valence-corrected chi connectivity index (χ4v) is 2.98. The Labute approximate surface area is 99.3 Å². The third-order valence-corrected chi connectivity index (χ3v) is 4.10. The van der Waals surface area contributed by atoms with Gasteiger partial charge in [-0.25, -0.2) is 0 Å². The predicted molar refractivity (Wildman–Crippen MR) is 66.5 cm³/mol. The summed E-state index contributed by atoms with van der Waals surface area (Å²) in [5.74, 6) is 0. The maximum atomic E-state index is 6.45. The molecule has 1 saturated heterocycles. The first-order valence-electron chi connectivity index (χ1n) is 6.81. The van der Waals surface area contributed by atoms with Crippen molar-refractivity contribution in [3.05, 3.63) is 0 Å². The van der Waals surface area contributed by atoms with Crippen LogP contribution in [0.1, 0.15) is 45.4 Å². The van der Waals surface area contributed by atoms with Gasteiger partial charge >= 0.3 is 0 Å². The lowest BCUT2D eigenvalue weighted by Crippen LogP contribution is -2.47. The maximum Gasteiger partial charge on any atom is 0.0674 e. The van der Waals surface area contributed by atoms with E-state index in [1.165, 1.54) is 38.5 Å². The molecule has 16 heavy (non-hydrogen) atoms. The number of morpholine rings is 1. The van der Waals surface area contributed by atoms with Gasteiger partial charge in [-0.1, -0.05) is 19.3 Å². The first-order chi connectivity index (χ1) is 7.68. The maximum absolute atomic E-state index is 6.45. The van der Waals surface area contributed by atoms with E-state index >= 15 is 0 Å². The molecule has 2 rings (SSSR count). The van der Waals surface area contributed by atoms with Crippen LogP contribution in [0.5, 0.6) is 0 Å². The minimum Gasteiger partial charge on any atom is -0.376 e. The van der Waals surface area contributed by atoms with E-state index < -0.39 is 0 Å². The summed E-state index contributed by atoms with van der Waals surface area (Å²) in [5, 5.41) is 0. The quantitative estimate of drug-likeness (QED) is 0.797. The second-order valence-corrected chi connectivity index (χ2v) is 5.66. The van der Waals surface area contributed by atoms with Gasteiger partial charge in [0.2, 0.25) is 0 Å². The Balaban J connectivity index is 1.73. The SMILES string of the molecule is CC1CN(CCC2(N)CCCCC2)CCO1. The van der Waals surface area contributed by atoms with Crippen molar-refractivity contribution >= 4 is 0 Å². The molecule has 3 nitrogen and oxygen atoms in total. The fraction of sp³-hybridized carbons (Fsp3) is 1.00. The minimum absolute atomic E-state index is 0.139. The van der Waals surface area contributed by atoms with Gasteiger partial charge in [-0.15, -0.1) is 0 Å². The highest BCUT2D eigenvalue weighted by Crippen LogP contribution is 2.28. The Morgan fingerprint density at radius 2 is 2.06 bits per heavy atom. The predicted octanol–water partition coefficient (Wildman–Crippen LogP) is 1.76. The van der Waals surface area contributed by atoms with E-state index in [1.807, 2.05) is 0 Å². The van der Waals surface area contributed by atoms with Crippen LogP contribution in [0.2, 0.25) is 0 Å². The second kappa shape index (κ2) is 5.48. The standard InChI is InChI=1S/C13H26N2O/c1-12-11-15(9-10-16-12)8-7-13(14)5-3-2-4-6-13/h12H,2-11,14H2,1H3. The van der Waals surface area contributed by atoms with Crippen molar-refractivity contribution in [2.75, 3.05) is 26.2 Å². The van der Waals surface area contributed by atoms with E-state index in [9.17, 15) is 0 Å². The Bertz CT molecular complexity index is 214. The van der Waals surface area contributed by atoms with Gasteiger partial charge in [0, 0.05) is 25.2 Å². The summed E-state index contributed by atoms with van der Waals surface area (Å²) in [5.41, 5.74) is 6.59. The molecule has 1 heterocycles. The molecule has 0 spiro atoms. The number of ether oxygens (including phenoxy) is 1. The van der Waals surface area contributed by atoms with E-state index in [2.05, 4.69) is 11.8 Å². The molecule has 2 aliphatic rings. The van der Waals surface area contributed by atoms with Gasteiger partial charge in [0.05, 0.1) is 12.7 Å². The molecule has 0 bridgehead atoms. The number of hydrogen-bond donors (Lipinski definition) is 1. The van der Waals surface area contributed by atoms with Crippen LogP contribution >= 0.6 is 0 Å². The van der Waals surface area contributed by atoms with Crippen LogP contribution in [0.3, 0.4) is 0 Å². The summed E-state index contributed by atoms with van der Waals surface area (Å²) in [7, 11) is 0. The summed E-state index contributed by atoms with van der Waals surface area (Å²) < 4.78 is 5.55. The van der Waals surface area contributed by atoms with Gasteiger partial charge < -0.3 is 10.5 Å².